The molecular formula is C16H18O. The quantitative estimate of drug-likeness (QED) is 0.770. The number of benzene rings is 2. The van der Waals surface area contributed by atoms with E-state index in [1.807, 2.05) is 19.9 Å². The summed E-state index contributed by atoms with van der Waals surface area (Å²) in [6.07, 6.45) is 1.49. The minimum atomic E-state index is 0.143. The number of fused-ring (bicyclic) bond motifs is 1. The molecule has 2 rings (SSSR count). The number of hydrogen-bond donors (Lipinski definition) is 0. The van der Waals surface area contributed by atoms with Crippen LogP contribution in [0.1, 0.15) is 25.8 Å². The third-order valence-electron chi connectivity index (χ3n) is 3.16. The van der Waals surface area contributed by atoms with Gasteiger partial charge in [0, 0.05) is 12.3 Å². The summed E-state index contributed by atoms with van der Waals surface area (Å²) in [6.45, 7) is 3.93. The third-order valence-corrected chi connectivity index (χ3v) is 3.16. The Morgan fingerprint density at radius 1 is 1.06 bits per heavy atom. The maximum atomic E-state index is 11.7. The summed E-state index contributed by atoms with van der Waals surface area (Å²) in [5.74, 6) is 0.489. The minimum Gasteiger partial charge on any atom is -0.299 e. The highest BCUT2D eigenvalue weighted by molar-refractivity contribution is 5.86. The van der Waals surface area contributed by atoms with Crippen molar-refractivity contribution in [2.45, 2.75) is 26.7 Å². The second-order valence-electron chi connectivity index (χ2n) is 4.76. The molecule has 0 saturated carbocycles. The number of Topliss-reactive ketones (excluding diaryl/α,β-unsaturated/α-hetero) is 1. The molecule has 0 aliphatic carbocycles. The van der Waals surface area contributed by atoms with Gasteiger partial charge in [-0.3, -0.25) is 4.79 Å². The van der Waals surface area contributed by atoms with Crippen molar-refractivity contribution in [2.24, 2.45) is 5.92 Å². The highest BCUT2D eigenvalue weighted by Crippen LogP contribution is 2.20. The summed E-state index contributed by atoms with van der Waals surface area (Å²) in [6, 6.07) is 14.6. The standard InChI is InChI=1S/C16H18O/c1-12(2)16(17)11-10-14-8-5-7-13-6-3-4-9-15(13)14/h3-9,12H,10-11H2,1-2H3. The number of rotatable bonds is 4. The molecule has 0 N–H and O–H groups in total. The van der Waals surface area contributed by atoms with Crippen molar-refractivity contribution in [3.05, 3.63) is 48.0 Å². The van der Waals surface area contributed by atoms with Crippen LogP contribution in [0.3, 0.4) is 0 Å². The van der Waals surface area contributed by atoms with Gasteiger partial charge in [-0.05, 0) is 22.8 Å². The van der Waals surface area contributed by atoms with Crippen molar-refractivity contribution in [2.75, 3.05) is 0 Å². The van der Waals surface area contributed by atoms with E-state index in [1.54, 1.807) is 0 Å². The van der Waals surface area contributed by atoms with Crippen LogP contribution in [0.2, 0.25) is 0 Å². The van der Waals surface area contributed by atoms with Gasteiger partial charge in [0.1, 0.15) is 5.78 Å². The second-order valence-corrected chi connectivity index (χ2v) is 4.76. The van der Waals surface area contributed by atoms with E-state index in [9.17, 15) is 4.79 Å². The summed E-state index contributed by atoms with van der Waals surface area (Å²) in [5.41, 5.74) is 1.28. The Bertz CT molecular complexity index is 521. The predicted molar refractivity (Wildman–Crippen MR) is 72.1 cm³/mol. The third kappa shape index (κ3) is 2.73. The van der Waals surface area contributed by atoms with Gasteiger partial charge in [0.05, 0.1) is 0 Å². The zero-order valence-corrected chi connectivity index (χ0v) is 10.4. The molecule has 0 heterocycles. The van der Waals surface area contributed by atoms with E-state index < -0.39 is 0 Å². The van der Waals surface area contributed by atoms with Crippen LogP contribution >= 0.6 is 0 Å². The fraction of sp³-hybridized carbons (Fsp3) is 0.312. The summed E-state index contributed by atoms with van der Waals surface area (Å²) in [4.78, 5) is 11.7. The Morgan fingerprint density at radius 3 is 2.53 bits per heavy atom. The number of hydrogen-bond acceptors (Lipinski definition) is 1. The Kier molecular flexibility index (Phi) is 3.58. The van der Waals surface area contributed by atoms with Crippen LogP contribution in [-0.2, 0) is 11.2 Å². The summed E-state index contributed by atoms with van der Waals surface area (Å²) < 4.78 is 0. The van der Waals surface area contributed by atoms with Crippen LogP contribution < -0.4 is 0 Å². The SMILES string of the molecule is CC(C)C(=O)CCc1cccc2ccccc12. The van der Waals surface area contributed by atoms with Crippen LogP contribution in [0.5, 0.6) is 0 Å². The van der Waals surface area contributed by atoms with Crippen molar-refractivity contribution < 1.29 is 4.79 Å². The molecule has 0 radical (unpaired) electrons. The summed E-state index contributed by atoms with van der Waals surface area (Å²) in [5, 5.41) is 2.52. The molecule has 1 nitrogen and oxygen atoms in total. The van der Waals surface area contributed by atoms with Gasteiger partial charge in [0.15, 0.2) is 0 Å². The normalized spacial score (nSPS) is 11.0. The van der Waals surface area contributed by atoms with E-state index in [4.69, 9.17) is 0 Å². The van der Waals surface area contributed by atoms with Crippen molar-refractivity contribution in [1.29, 1.82) is 0 Å². The first-order valence-corrected chi connectivity index (χ1v) is 6.18. The maximum Gasteiger partial charge on any atom is 0.135 e. The maximum absolute atomic E-state index is 11.7. The number of carbonyl (C=O) groups is 1. The van der Waals surface area contributed by atoms with Gasteiger partial charge in [0.25, 0.3) is 0 Å². The summed E-state index contributed by atoms with van der Waals surface area (Å²) >= 11 is 0. The topological polar surface area (TPSA) is 17.1 Å². The molecule has 0 saturated heterocycles. The molecule has 0 aromatic heterocycles. The van der Waals surface area contributed by atoms with Gasteiger partial charge < -0.3 is 0 Å². The lowest BCUT2D eigenvalue weighted by Gasteiger charge is -2.07. The van der Waals surface area contributed by atoms with Gasteiger partial charge in [0.2, 0.25) is 0 Å². The lowest BCUT2D eigenvalue weighted by molar-refractivity contribution is -0.121. The van der Waals surface area contributed by atoms with Crippen LogP contribution in [-0.4, -0.2) is 5.78 Å². The number of aryl methyl sites for hydroxylation is 1. The highest BCUT2D eigenvalue weighted by atomic mass is 16.1. The van der Waals surface area contributed by atoms with Crippen molar-refractivity contribution in [1.82, 2.24) is 0 Å². The van der Waals surface area contributed by atoms with Gasteiger partial charge in [-0.15, -0.1) is 0 Å². The Hall–Kier alpha value is -1.63. The lowest BCUT2D eigenvalue weighted by atomic mass is 9.97. The number of carbonyl (C=O) groups excluding carboxylic acids is 1. The zero-order valence-electron chi connectivity index (χ0n) is 10.4. The Morgan fingerprint density at radius 2 is 1.76 bits per heavy atom. The van der Waals surface area contributed by atoms with E-state index in [2.05, 4.69) is 36.4 Å². The van der Waals surface area contributed by atoms with Gasteiger partial charge in [-0.25, -0.2) is 0 Å². The van der Waals surface area contributed by atoms with Gasteiger partial charge >= 0.3 is 0 Å². The highest BCUT2D eigenvalue weighted by Gasteiger charge is 2.08. The van der Waals surface area contributed by atoms with Crippen LogP contribution in [0.15, 0.2) is 42.5 Å². The second kappa shape index (κ2) is 5.13. The van der Waals surface area contributed by atoms with Crippen LogP contribution in [0.4, 0.5) is 0 Å². The molecule has 0 atom stereocenters. The summed E-state index contributed by atoms with van der Waals surface area (Å²) in [7, 11) is 0. The molecule has 0 aliphatic heterocycles. The van der Waals surface area contributed by atoms with Crippen LogP contribution in [0, 0.1) is 5.92 Å². The minimum absolute atomic E-state index is 0.143. The molecule has 2 aromatic carbocycles. The van der Waals surface area contributed by atoms with E-state index >= 15 is 0 Å². The lowest BCUT2D eigenvalue weighted by Crippen LogP contribution is -2.07. The van der Waals surface area contributed by atoms with Crippen molar-refractivity contribution in [3.8, 4) is 0 Å². The fourth-order valence-corrected chi connectivity index (χ4v) is 2.06. The molecule has 1 heteroatoms. The Balaban J connectivity index is 2.21. The molecule has 2 aromatic rings. The average molecular weight is 226 g/mol. The predicted octanol–water partition coefficient (Wildman–Crippen LogP) is 4.00. The Labute approximate surface area is 102 Å². The molecule has 88 valence electrons. The molecule has 0 amide bonds. The first-order valence-electron chi connectivity index (χ1n) is 6.18. The molecule has 0 aliphatic rings. The smallest absolute Gasteiger partial charge is 0.135 e. The van der Waals surface area contributed by atoms with E-state index in [0.717, 1.165) is 6.42 Å². The number of ketones is 1. The molecular weight excluding hydrogens is 208 g/mol. The van der Waals surface area contributed by atoms with E-state index in [0.29, 0.717) is 12.2 Å². The first-order chi connectivity index (χ1) is 8.18. The molecule has 0 bridgehead atoms. The van der Waals surface area contributed by atoms with E-state index in [1.165, 1.54) is 16.3 Å². The van der Waals surface area contributed by atoms with E-state index in [-0.39, 0.29) is 5.92 Å². The molecule has 0 fully saturated rings. The van der Waals surface area contributed by atoms with Gasteiger partial charge in [-0.1, -0.05) is 56.3 Å². The largest absolute Gasteiger partial charge is 0.299 e. The zero-order chi connectivity index (χ0) is 12.3. The molecule has 17 heavy (non-hydrogen) atoms. The first kappa shape index (κ1) is 11.8. The van der Waals surface area contributed by atoms with Crippen LogP contribution in [0.25, 0.3) is 10.8 Å². The molecule has 0 unspecified atom stereocenters. The fourth-order valence-electron chi connectivity index (χ4n) is 2.06. The monoisotopic (exact) mass is 226 g/mol. The van der Waals surface area contributed by atoms with Gasteiger partial charge in [-0.2, -0.15) is 0 Å². The van der Waals surface area contributed by atoms with Crippen molar-refractivity contribution in [3.63, 3.8) is 0 Å². The average Bonchev–Trinajstić information content (AvgIpc) is 2.35. The molecule has 0 spiro atoms. The van der Waals surface area contributed by atoms with Crippen molar-refractivity contribution >= 4 is 16.6 Å².